The Balaban J connectivity index is 1.51. The van der Waals surface area contributed by atoms with Gasteiger partial charge in [0.1, 0.15) is 9.90 Å². The fourth-order valence-corrected chi connectivity index (χ4v) is 7.82. The van der Waals surface area contributed by atoms with Gasteiger partial charge in [0.2, 0.25) is 15.7 Å². The zero-order valence-electron chi connectivity index (χ0n) is 18.4. The predicted molar refractivity (Wildman–Crippen MR) is 134 cm³/mol. The van der Waals surface area contributed by atoms with Crippen molar-refractivity contribution in [1.82, 2.24) is 0 Å². The number of benzene rings is 3. The largest absolute Gasteiger partial charge is 0.316 e. The number of anilines is 1. The van der Waals surface area contributed by atoms with Crippen molar-refractivity contribution in [2.45, 2.75) is 48.8 Å². The van der Waals surface area contributed by atoms with E-state index in [9.17, 15) is 13.2 Å². The zero-order valence-corrected chi connectivity index (χ0v) is 20.1. The highest BCUT2D eigenvalue weighted by molar-refractivity contribution is 7.92. The van der Waals surface area contributed by atoms with Crippen molar-refractivity contribution < 1.29 is 13.2 Å². The van der Waals surface area contributed by atoms with E-state index < -0.39 is 9.84 Å². The average molecular weight is 476 g/mol. The number of aryl methyl sites for hydroxylation is 2. The van der Waals surface area contributed by atoms with Crippen LogP contribution in [0.15, 0.2) is 76.5 Å². The first-order chi connectivity index (χ1) is 15.9. The van der Waals surface area contributed by atoms with E-state index in [0.717, 1.165) is 58.0 Å². The highest BCUT2D eigenvalue weighted by Crippen LogP contribution is 2.43. The highest BCUT2D eigenvalue weighted by atomic mass is 32.2. The van der Waals surface area contributed by atoms with Crippen LogP contribution in [-0.4, -0.2) is 14.3 Å². The van der Waals surface area contributed by atoms with Gasteiger partial charge in [0.25, 0.3) is 0 Å². The molecule has 1 aromatic heterocycles. The molecule has 4 aromatic rings. The minimum absolute atomic E-state index is 0.188. The lowest BCUT2D eigenvalue weighted by molar-refractivity contribution is -0.115. The fourth-order valence-electron chi connectivity index (χ4n) is 4.53. The molecule has 0 aliphatic heterocycles. The number of fused-ring (bicyclic) bond motifs is 2. The van der Waals surface area contributed by atoms with Crippen LogP contribution in [0.3, 0.4) is 0 Å². The number of hydrogen-bond donors (Lipinski definition) is 1. The van der Waals surface area contributed by atoms with Gasteiger partial charge in [-0.2, -0.15) is 0 Å². The van der Waals surface area contributed by atoms with Crippen LogP contribution < -0.4 is 5.32 Å². The number of hydrogen-bond acceptors (Lipinski definition) is 4. The fraction of sp³-hybridized carbons (Fsp3) is 0.222. The van der Waals surface area contributed by atoms with Crippen LogP contribution in [0.5, 0.6) is 0 Å². The summed E-state index contributed by atoms with van der Waals surface area (Å²) in [6, 6.07) is 20.8. The third-order valence-corrected chi connectivity index (χ3v) is 9.42. The monoisotopic (exact) mass is 475 g/mol. The Kier molecular flexibility index (Phi) is 5.81. The molecule has 0 unspecified atom stereocenters. The second kappa shape index (κ2) is 8.76. The molecule has 1 heterocycles. The van der Waals surface area contributed by atoms with Gasteiger partial charge in [-0.1, -0.05) is 60.2 Å². The molecule has 1 N–H and O–H groups in total. The highest BCUT2D eigenvalue weighted by Gasteiger charge is 2.31. The maximum absolute atomic E-state index is 13.7. The first kappa shape index (κ1) is 21.9. The third kappa shape index (κ3) is 4.21. The summed E-state index contributed by atoms with van der Waals surface area (Å²) in [4.78, 5) is 14.7. The molecule has 4 nitrogen and oxygen atoms in total. The molecule has 0 saturated carbocycles. The molecule has 33 heavy (non-hydrogen) atoms. The summed E-state index contributed by atoms with van der Waals surface area (Å²) in [5.74, 6) is -0.203. The SMILES string of the molecule is Cc1ccc(S(=O)(=O)c2c(NC(=O)Cc3cccc4ccccc34)sc3c2CCCC3)cc1. The summed E-state index contributed by atoms with van der Waals surface area (Å²) >= 11 is 1.42. The quantitative estimate of drug-likeness (QED) is 0.379. The number of carbonyl (C=O) groups excluding carboxylic acids is 1. The van der Waals surface area contributed by atoms with E-state index in [-0.39, 0.29) is 22.1 Å². The summed E-state index contributed by atoms with van der Waals surface area (Å²) in [5, 5.41) is 5.54. The lowest BCUT2D eigenvalue weighted by Gasteiger charge is -2.14. The first-order valence-corrected chi connectivity index (χ1v) is 13.5. The third-order valence-electron chi connectivity index (χ3n) is 6.21. The molecule has 0 atom stereocenters. The standard InChI is InChI=1S/C27H25NO3S2/c1-18-13-15-21(16-14-18)33(30,31)26-23-11-4-5-12-24(23)32-27(26)28-25(29)17-20-9-6-8-19-7-2-3-10-22(19)20/h2-3,6-10,13-16H,4-5,11-12,17H2,1H3,(H,28,29). The summed E-state index contributed by atoms with van der Waals surface area (Å²) in [5.41, 5.74) is 2.81. The molecular weight excluding hydrogens is 450 g/mol. The Morgan fingerprint density at radius 1 is 0.939 bits per heavy atom. The van der Waals surface area contributed by atoms with Gasteiger partial charge in [-0.15, -0.1) is 11.3 Å². The summed E-state index contributed by atoms with van der Waals surface area (Å²) in [7, 11) is -3.74. The van der Waals surface area contributed by atoms with Crippen molar-refractivity contribution in [2.24, 2.45) is 0 Å². The Morgan fingerprint density at radius 3 is 2.48 bits per heavy atom. The Labute approximate surface area is 198 Å². The second-order valence-electron chi connectivity index (χ2n) is 8.55. The van der Waals surface area contributed by atoms with E-state index in [1.807, 2.05) is 61.5 Å². The van der Waals surface area contributed by atoms with E-state index in [2.05, 4.69) is 5.32 Å². The molecule has 0 bridgehead atoms. The lowest BCUT2D eigenvalue weighted by atomic mass is 9.99. The Hall–Kier alpha value is -2.96. The Bertz CT molecular complexity index is 1450. The number of carbonyl (C=O) groups is 1. The molecule has 1 amide bonds. The van der Waals surface area contributed by atoms with E-state index >= 15 is 0 Å². The van der Waals surface area contributed by atoms with Gasteiger partial charge in [-0.3, -0.25) is 4.79 Å². The maximum Gasteiger partial charge on any atom is 0.229 e. The van der Waals surface area contributed by atoms with Gasteiger partial charge in [0, 0.05) is 4.88 Å². The molecule has 168 valence electrons. The maximum atomic E-state index is 13.7. The van der Waals surface area contributed by atoms with E-state index in [0.29, 0.717) is 5.00 Å². The molecule has 1 aliphatic carbocycles. The Morgan fingerprint density at radius 2 is 1.67 bits per heavy atom. The van der Waals surface area contributed by atoms with Crippen molar-refractivity contribution in [3.8, 4) is 0 Å². The molecule has 0 saturated heterocycles. The van der Waals surface area contributed by atoms with Gasteiger partial charge in [-0.05, 0) is 66.6 Å². The van der Waals surface area contributed by atoms with Crippen LogP contribution in [0.4, 0.5) is 5.00 Å². The number of nitrogens with one attached hydrogen (secondary N) is 1. The number of thiophene rings is 1. The molecule has 0 fully saturated rings. The second-order valence-corrected chi connectivity index (χ2v) is 11.5. The van der Waals surface area contributed by atoms with Crippen LogP contribution in [-0.2, 0) is 33.9 Å². The van der Waals surface area contributed by atoms with Crippen LogP contribution >= 0.6 is 11.3 Å². The van der Waals surface area contributed by atoms with Crippen LogP contribution in [0, 0.1) is 6.92 Å². The van der Waals surface area contributed by atoms with Crippen molar-refractivity contribution in [1.29, 1.82) is 0 Å². The van der Waals surface area contributed by atoms with Crippen molar-refractivity contribution in [2.75, 3.05) is 5.32 Å². The topological polar surface area (TPSA) is 63.2 Å². The summed E-state index contributed by atoms with van der Waals surface area (Å²) < 4.78 is 27.3. The molecule has 0 radical (unpaired) electrons. The molecule has 1 aliphatic rings. The number of amides is 1. The normalized spacial score (nSPS) is 13.6. The molecule has 6 heteroatoms. The zero-order chi connectivity index (χ0) is 23.0. The number of rotatable bonds is 5. The van der Waals surface area contributed by atoms with Gasteiger partial charge in [0.05, 0.1) is 11.3 Å². The molecule has 5 rings (SSSR count). The molecular formula is C27H25NO3S2. The summed E-state index contributed by atoms with van der Waals surface area (Å²) in [6.07, 6.45) is 3.78. The molecule has 3 aromatic carbocycles. The van der Waals surface area contributed by atoms with Gasteiger partial charge in [0.15, 0.2) is 0 Å². The smallest absolute Gasteiger partial charge is 0.229 e. The van der Waals surface area contributed by atoms with Crippen LogP contribution in [0.1, 0.15) is 34.4 Å². The predicted octanol–water partition coefficient (Wildman–Crippen LogP) is 6.10. The lowest BCUT2D eigenvalue weighted by Crippen LogP contribution is -2.16. The van der Waals surface area contributed by atoms with E-state index in [1.54, 1.807) is 12.1 Å². The van der Waals surface area contributed by atoms with Crippen molar-refractivity contribution >= 4 is 42.9 Å². The number of sulfone groups is 1. The summed E-state index contributed by atoms with van der Waals surface area (Å²) in [6.45, 7) is 1.93. The minimum atomic E-state index is -3.74. The van der Waals surface area contributed by atoms with Gasteiger partial charge < -0.3 is 5.32 Å². The minimum Gasteiger partial charge on any atom is -0.316 e. The van der Waals surface area contributed by atoms with Gasteiger partial charge in [-0.25, -0.2) is 8.42 Å². The van der Waals surface area contributed by atoms with E-state index in [1.165, 1.54) is 11.3 Å². The average Bonchev–Trinajstić information content (AvgIpc) is 3.18. The van der Waals surface area contributed by atoms with Crippen LogP contribution in [0.2, 0.25) is 0 Å². The first-order valence-electron chi connectivity index (χ1n) is 11.2. The van der Waals surface area contributed by atoms with Crippen LogP contribution in [0.25, 0.3) is 10.8 Å². The van der Waals surface area contributed by atoms with E-state index in [4.69, 9.17) is 0 Å². The van der Waals surface area contributed by atoms with Gasteiger partial charge >= 0.3 is 0 Å². The van der Waals surface area contributed by atoms with Crippen molar-refractivity contribution in [3.05, 3.63) is 88.3 Å². The molecule has 0 spiro atoms. The van der Waals surface area contributed by atoms with Crippen molar-refractivity contribution in [3.63, 3.8) is 0 Å².